The summed E-state index contributed by atoms with van der Waals surface area (Å²) in [5.74, 6) is 0.621. The molecule has 182 valence electrons. The van der Waals surface area contributed by atoms with Crippen LogP contribution in [0.15, 0.2) is 48.1 Å². The number of methoxy groups -OCH3 is 3. The molecule has 0 unspecified atom stereocenters. The van der Waals surface area contributed by atoms with Gasteiger partial charge in [-0.25, -0.2) is 0 Å². The Kier molecular flexibility index (Phi) is 10.3. The third-order valence-corrected chi connectivity index (χ3v) is 4.67. The molecule has 34 heavy (non-hydrogen) atoms. The average molecular weight is 472 g/mol. The minimum atomic E-state index is -0.482. The van der Waals surface area contributed by atoms with Gasteiger partial charge in [0, 0.05) is 38.0 Å². The molecule has 0 radical (unpaired) electrons. The molecule has 0 N–H and O–H groups in total. The smallest absolute Gasteiger partial charge is 0.269 e. The van der Waals surface area contributed by atoms with Crippen molar-refractivity contribution in [2.24, 2.45) is 0 Å². The maximum Gasteiger partial charge on any atom is 0.269 e. The fraction of sp³-hybridized carbons (Fsp3) is 0.320. The topological polar surface area (TPSA) is 106 Å². The van der Waals surface area contributed by atoms with Gasteiger partial charge in [0.25, 0.3) is 5.69 Å². The summed E-state index contributed by atoms with van der Waals surface area (Å²) in [6.45, 7) is 3.84. The summed E-state index contributed by atoms with van der Waals surface area (Å²) in [5, 5.41) is 10.9. The highest BCUT2D eigenvalue weighted by molar-refractivity contribution is 6.11. The van der Waals surface area contributed by atoms with Crippen molar-refractivity contribution in [1.29, 1.82) is 0 Å². The Balaban J connectivity index is 2.57. The maximum atomic E-state index is 13.3. The van der Waals surface area contributed by atoms with Crippen molar-refractivity contribution in [3.63, 3.8) is 0 Å². The van der Waals surface area contributed by atoms with Gasteiger partial charge in [0.05, 0.1) is 12.0 Å². The lowest BCUT2D eigenvalue weighted by Crippen LogP contribution is -2.12. The first kappa shape index (κ1) is 26.6. The van der Waals surface area contributed by atoms with E-state index in [0.29, 0.717) is 23.3 Å². The molecular weight excluding hydrogens is 442 g/mol. The molecule has 2 aromatic rings. The number of allylic oxidation sites excluding steroid dienone is 3. The minimum Gasteiger partial charge on any atom is -0.496 e. The van der Waals surface area contributed by atoms with Crippen LogP contribution < -0.4 is 14.2 Å². The van der Waals surface area contributed by atoms with Gasteiger partial charge in [0.1, 0.15) is 22.8 Å². The highest BCUT2D eigenvalue weighted by Gasteiger charge is 2.25. The number of hydrogen-bond acceptors (Lipinski definition) is 8. The van der Waals surface area contributed by atoms with Gasteiger partial charge in [-0.3, -0.25) is 14.9 Å². The van der Waals surface area contributed by atoms with Gasteiger partial charge >= 0.3 is 0 Å². The van der Waals surface area contributed by atoms with Gasteiger partial charge in [-0.05, 0) is 44.0 Å². The summed E-state index contributed by atoms with van der Waals surface area (Å²) in [7, 11) is 4.44. The first-order valence-corrected chi connectivity index (χ1v) is 10.4. The molecule has 0 aromatic heterocycles. The summed E-state index contributed by atoms with van der Waals surface area (Å²) in [4.78, 5) is 23.7. The molecule has 0 aliphatic rings. The maximum absolute atomic E-state index is 13.3. The average Bonchev–Trinajstić information content (AvgIpc) is 2.83. The normalized spacial score (nSPS) is 10.7. The van der Waals surface area contributed by atoms with Crippen LogP contribution in [0.3, 0.4) is 0 Å². The SMILES string of the molecule is COCOc1cc(OC)c(C(=O)/C=C/c2ccc([N+](=O)[O-])cc2)c(OCOC)c1CC=C(C)C. The van der Waals surface area contributed by atoms with Crippen molar-refractivity contribution in [1.82, 2.24) is 0 Å². The van der Waals surface area contributed by atoms with Crippen molar-refractivity contribution in [3.8, 4) is 17.2 Å². The zero-order valence-corrected chi connectivity index (χ0v) is 20.0. The summed E-state index contributed by atoms with van der Waals surface area (Å²) in [5.41, 5.74) is 2.53. The monoisotopic (exact) mass is 471 g/mol. The molecule has 0 spiro atoms. The summed E-state index contributed by atoms with van der Waals surface area (Å²) in [6.07, 6.45) is 5.36. The van der Waals surface area contributed by atoms with E-state index < -0.39 is 4.92 Å². The summed E-state index contributed by atoms with van der Waals surface area (Å²) in [6, 6.07) is 7.49. The highest BCUT2D eigenvalue weighted by atomic mass is 16.7. The highest BCUT2D eigenvalue weighted by Crippen LogP contribution is 2.41. The zero-order chi connectivity index (χ0) is 25.1. The van der Waals surface area contributed by atoms with E-state index in [1.807, 2.05) is 19.9 Å². The molecule has 0 bridgehead atoms. The van der Waals surface area contributed by atoms with Crippen LogP contribution in [-0.2, 0) is 15.9 Å². The zero-order valence-electron chi connectivity index (χ0n) is 20.0. The van der Waals surface area contributed by atoms with Crippen molar-refractivity contribution < 1.29 is 33.4 Å². The fourth-order valence-corrected chi connectivity index (χ4v) is 3.04. The van der Waals surface area contributed by atoms with Crippen molar-refractivity contribution in [2.75, 3.05) is 34.9 Å². The van der Waals surface area contributed by atoms with E-state index in [-0.39, 0.29) is 42.1 Å². The number of hydrogen-bond donors (Lipinski definition) is 0. The standard InChI is InChI=1S/C25H29NO8/c1-17(2)6-12-20-22(33-15-30-3)14-23(32-5)24(25(20)34-16-31-4)21(27)13-9-18-7-10-19(11-8-18)26(28)29/h6-11,13-14H,12,15-16H2,1-5H3/b13-9+. The number of nitro benzene ring substituents is 1. The molecule has 0 aliphatic heterocycles. The van der Waals surface area contributed by atoms with Gasteiger partial charge in [-0.15, -0.1) is 0 Å². The predicted octanol–water partition coefficient (Wildman–Crippen LogP) is 4.97. The molecule has 0 saturated carbocycles. The van der Waals surface area contributed by atoms with E-state index in [4.69, 9.17) is 23.7 Å². The van der Waals surface area contributed by atoms with Crippen molar-refractivity contribution >= 4 is 17.5 Å². The number of nitro groups is 1. The van der Waals surface area contributed by atoms with Gasteiger partial charge < -0.3 is 23.7 Å². The fourth-order valence-electron chi connectivity index (χ4n) is 3.04. The van der Waals surface area contributed by atoms with Gasteiger partial charge in [-0.1, -0.05) is 17.7 Å². The molecule has 2 rings (SSSR count). The van der Waals surface area contributed by atoms with Crippen molar-refractivity contribution in [3.05, 3.63) is 74.9 Å². The number of nitrogens with zero attached hydrogens (tertiary/aromatic N) is 1. The Morgan fingerprint density at radius 3 is 2.21 bits per heavy atom. The third-order valence-electron chi connectivity index (χ3n) is 4.67. The van der Waals surface area contributed by atoms with Gasteiger partial charge in [0.2, 0.25) is 0 Å². The molecule has 0 amide bonds. The first-order chi connectivity index (χ1) is 16.3. The largest absolute Gasteiger partial charge is 0.496 e. The second-order valence-corrected chi connectivity index (χ2v) is 7.39. The van der Waals surface area contributed by atoms with E-state index in [1.165, 1.54) is 39.5 Å². The lowest BCUT2D eigenvalue weighted by atomic mass is 9.99. The van der Waals surface area contributed by atoms with Crippen LogP contribution in [-0.4, -0.2) is 45.6 Å². The first-order valence-electron chi connectivity index (χ1n) is 10.4. The Morgan fingerprint density at radius 2 is 1.65 bits per heavy atom. The van der Waals surface area contributed by atoms with Gasteiger partial charge in [0.15, 0.2) is 19.4 Å². The molecule has 9 heteroatoms. The van der Waals surface area contributed by atoms with Crippen LogP contribution in [0.5, 0.6) is 17.2 Å². The number of rotatable bonds is 13. The second-order valence-electron chi connectivity index (χ2n) is 7.39. The Labute approximate surface area is 198 Å². The quantitative estimate of drug-likeness (QED) is 0.101. The molecule has 0 fully saturated rings. The second kappa shape index (κ2) is 13.1. The Bertz CT molecular complexity index is 1050. The molecular formula is C25H29NO8. The Morgan fingerprint density at radius 1 is 1.00 bits per heavy atom. The molecule has 2 aromatic carbocycles. The van der Waals surface area contributed by atoms with E-state index in [2.05, 4.69) is 0 Å². The summed E-state index contributed by atoms with van der Waals surface area (Å²) < 4.78 is 27.2. The lowest BCUT2D eigenvalue weighted by Gasteiger charge is -2.20. The molecule has 9 nitrogen and oxygen atoms in total. The van der Waals surface area contributed by atoms with Crippen LogP contribution >= 0.6 is 0 Å². The molecule has 0 atom stereocenters. The minimum absolute atomic E-state index is 0.00202. The number of non-ortho nitro benzene ring substituents is 1. The lowest BCUT2D eigenvalue weighted by molar-refractivity contribution is -0.384. The molecule has 0 heterocycles. The van der Waals surface area contributed by atoms with Gasteiger partial charge in [-0.2, -0.15) is 0 Å². The Hall–Kier alpha value is -3.69. The van der Waals surface area contributed by atoms with Crippen LogP contribution in [0.2, 0.25) is 0 Å². The van der Waals surface area contributed by atoms with Crippen LogP contribution in [0, 0.1) is 10.1 Å². The van der Waals surface area contributed by atoms with E-state index in [1.54, 1.807) is 24.3 Å². The number of ketones is 1. The van der Waals surface area contributed by atoms with E-state index in [9.17, 15) is 14.9 Å². The van der Waals surface area contributed by atoms with E-state index >= 15 is 0 Å². The number of benzene rings is 2. The van der Waals surface area contributed by atoms with Crippen LogP contribution in [0.1, 0.15) is 35.3 Å². The number of ether oxygens (including phenoxy) is 5. The number of carbonyl (C=O) groups excluding carboxylic acids is 1. The van der Waals surface area contributed by atoms with Crippen LogP contribution in [0.25, 0.3) is 6.08 Å². The van der Waals surface area contributed by atoms with Crippen LogP contribution in [0.4, 0.5) is 5.69 Å². The third kappa shape index (κ3) is 7.16. The van der Waals surface area contributed by atoms with E-state index in [0.717, 1.165) is 5.57 Å². The number of carbonyl (C=O) groups is 1. The van der Waals surface area contributed by atoms with Crippen molar-refractivity contribution in [2.45, 2.75) is 20.3 Å². The summed E-state index contributed by atoms with van der Waals surface area (Å²) >= 11 is 0. The predicted molar refractivity (Wildman–Crippen MR) is 128 cm³/mol. The molecule has 0 saturated heterocycles. The molecule has 0 aliphatic carbocycles.